The van der Waals surface area contributed by atoms with Crippen molar-refractivity contribution in [1.29, 1.82) is 0 Å². The molecule has 1 amide bonds. The van der Waals surface area contributed by atoms with Crippen LogP contribution in [0.15, 0.2) is 52.5 Å². The fraction of sp³-hybridized carbons (Fsp3) is 0.0667. The Hall–Kier alpha value is -1.98. The smallest absolute Gasteiger partial charge is 0.265 e. The fourth-order valence-electron chi connectivity index (χ4n) is 1.85. The summed E-state index contributed by atoms with van der Waals surface area (Å²) in [4.78, 5) is 18.8. The lowest BCUT2D eigenvalue weighted by atomic mass is 10.2. The van der Waals surface area contributed by atoms with Crippen molar-refractivity contribution in [3.63, 3.8) is 0 Å². The van der Waals surface area contributed by atoms with Crippen molar-refractivity contribution in [3.05, 3.63) is 63.8 Å². The number of thiophene rings is 1. The molecule has 0 aliphatic carbocycles. The zero-order chi connectivity index (χ0) is 13.9. The third-order valence-electron chi connectivity index (χ3n) is 2.78. The molecule has 0 aliphatic rings. The Morgan fingerprint density at radius 1 is 1.15 bits per heavy atom. The van der Waals surface area contributed by atoms with Crippen LogP contribution >= 0.6 is 22.7 Å². The topological polar surface area (TPSA) is 33.2 Å². The van der Waals surface area contributed by atoms with Crippen LogP contribution in [0.25, 0.3) is 0 Å². The second kappa shape index (κ2) is 5.56. The molecule has 0 unspecified atom stereocenters. The molecule has 0 spiro atoms. The molecule has 0 fully saturated rings. The van der Waals surface area contributed by atoms with Gasteiger partial charge >= 0.3 is 0 Å². The highest BCUT2D eigenvalue weighted by molar-refractivity contribution is 7.14. The van der Waals surface area contributed by atoms with E-state index in [1.54, 1.807) is 4.90 Å². The zero-order valence-electron chi connectivity index (χ0n) is 10.8. The van der Waals surface area contributed by atoms with E-state index >= 15 is 0 Å². The van der Waals surface area contributed by atoms with Gasteiger partial charge in [0, 0.05) is 10.8 Å². The van der Waals surface area contributed by atoms with Gasteiger partial charge in [0.05, 0.1) is 16.9 Å². The molecular weight excluding hydrogens is 288 g/mol. The predicted molar refractivity (Wildman–Crippen MR) is 84.1 cm³/mol. The first-order chi connectivity index (χ1) is 9.75. The van der Waals surface area contributed by atoms with E-state index in [9.17, 15) is 4.79 Å². The quantitative estimate of drug-likeness (QED) is 0.714. The summed E-state index contributed by atoms with van der Waals surface area (Å²) >= 11 is 2.99. The van der Waals surface area contributed by atoms with Crippen LogP contribution in [0.2, 0.25) is 0 Å². The standard InChI is InChI=1S/C15H12N2OS2/c1-11-9-20-15(16-11)17(13-5-3-2-4-6-13)14(18)12-7-8-19-10-12/h2-10H,1H3. The Kier molecular flexibility index (Phi) is 3.62. The van der Waals surface area contributed by atoms with Crippen LogP contribution in [0.5, 0.6) is 0 Å². The maximum atomic E-state index is 12.7. The molecule has 0 saturated carbocycles. The lowest BCUT2D eigenvalue weighted by molar-refractivity contribution is 0.0999. The van der Waals surface area contributed by atoms with Gasteiger partial charge in [-0.05, 0) is 30.5 Å². The van der Waals surface area contributed by atoms with Crippen molar-refractivity contribution in [2.24, 2.45) is 0 Å². The number of carbonyl (C=O) groups is 1. The second-order valence-electron chi connectivity index (χ2n) is 4.26. The number of aryl methyl sites for hydroxylation is 1. The number of rotatable bonds is 3. The monoisotopic (exact) mass is 300 g/mol. The Morgan fingerprint density at radius 2 is 1.95 bits per heavy atom. The molecule has 3 rings (SSSR count). The van der Waals surface area contributed by atoms with Gasteiger partial charge in [0.1, 0.15) is 0 Å². The summed E-state index contributed by atoms with van der Waals surface area (Å²) < 4.78 is 0. The maximum absolute atomic E-state index is 12.7. The number of aromatic nitrogens is 1. The van der Waals surface area contributed by atoms with E-state index < -0.39 is 0 Å². The number of nitrogens with zero attached hydrogens (tertiary/aromatic N) is 2. The average Bonchev–Trinajstić information content (AvgIpc) is 3.12. The number of hydrogen-bond acceptors (Lipinski definition) is 4. The second-order valence-corrected chi connectivity index (χ2v) is 5.88. The molecule has 2 aromatic heterocycles. The molecule has 5 heteroatoms. The summed E-state index contributed by atoms with van der Waals surface area (Å²) in [6, 6.07) is 11.4. The highest BCUT2D eigenvalue weighted by Gasteiger charge is 2.22. The molecule has 2 heterocycles. The largest absolute Gasteiger partial charge is 0.268 e. The molecule has 0 N–H and O–H groups in total. The normalized spacial score (nSPS) is 10.4. The van der Waals surface area contributed by atoms with Crippen LogP contribution in [0.4, 0.5) is 10.8 Å². The fourth-order valence-corrected chi connectivity index (χ4v) is 3.30. The predicted octanol–water partition coefficient (Wildman–Crippen LogP) is 4.49. The Morgan fingerprint density at radius 3 is 2.55 bits per heavy atom. The van der Waals surface area contributed by atoms with Gasteiger partial charge in [-0.15, -0.1) is 11.3 Å². The molecule has 0 atom stereocenters. The molecule has 3 nitrogen and oxygen atoms in total. The van der Waals surface area contributed by atoms with Gasteiger partial charge in [-0.1, -0.05) is 18.2 Å². The van der Waals surface area contributed by atoms with Crippen molar-refractivity contribution in [2.45, 2.75) is 6.92 Å². The van der Waals surface area contributed by atoms with Crippen LogP contribution in [0, 0.1) is 6.92 Å². The highest BCUT2D eigenvalue weighted by Crippen LogP contribution is 2.30. The Bertz CT molecular complexity index is 705. The van der Waals surface area contributed by atoms with E-state index in [-0.39, 0.29) is 5.91 Å². The van der Waals surface area contributed by atoms with Crippen LogP contribution in [-0.4, -0.2) is 10.9 Å². The Labute approximate surface area is 125 Å². The number of para-hydroxylation sites is 1. The van der Waals surface area contributed by atoms with E-state index in [1.807, 2.05) is 59.5 Å². The van der Waals surface area contributed by atoms with E-state index in [2.05, 4.69) is 4.98 Å². The number of carbonyl (C=O) groups excluding carboxylic acids is 1. The molecule has 0 aliphatic heterocycles. The van der Waals surface area contributed by atoms with E-state index in [0.717, 1.165) is 11.4 Å². The number of thiazole rings is 1. The maximum Gasteiger partial charge on any atom is 0.265 e. The first kappa shape index (κ1) is 13.0. The van der Waals surface area contributed by atoms with Gasteiger partial charge < -0.3 is 0 Å². The van der Waals surface area contributed by atoms with E-state index in [1.165, 1.54) is 22.7 Å². The molecule has 0 saturated heterocycles. The summed E-state index contributed by atoms with van der Waals surface area (Å²) in [5.74, 6) is -0.0493. The Balaban J connectivity index is 2.07. The van der Waals surface area contributed by atoms with Gasteiger partial charge in [-0.2, -0.15) is 11.3 Å². The first-order valence-corrected chi connectivity index (χ1v) is 7.92. The third kappa shape index (κ3) is 2.50. The van der Waals surface area contributed by atoms with Crippen LogP contribution in [0.1, 0.15) is 16.1 Å². The van der Waals surface area contributed by atoms with Crippen LogP contribution < -0.4 is 4.90 Å². The minimum Gasteiger partial charge on any atom is -0.268 e. The van der Waals surface area contributed by atoms with Gasteiger partial charge in [-0.25, -0.2) is 4.98 Å². The lowest BCUT2D eigenvalue weighted by Crippen LogP contribution is -2.25. The van der Waals surface area contributed by atoms with Crippen molar-refractivity contribution >= 4 is 39.4 Å². The lowest BCUT2D eigenvalue weighted by Gasteiger charge is -2.19. The summed E-state index contributed by atoms with van der Waals surface area (Å²) in [6.45, 7) is 1.93. The summed E-state index contributed by atoms with van der Waals surface area (Å²) in [7, 11) is 0. The molecule has 20 heavy (non-hydrogen) atoms. The molecule has 1 aromatic carbocycles. The van der Waals surface area contributed by atoms with E-state index in [4.69, 9.17) is 0 Å². The SMILES string of the molecule is Cc1csc(N(C(=O)c2ccsc2)c2ccccc2)n1. The van der Waals surface area contributed by atoms with Crippen molar-refractivity contribution in [3.8, 4) is 0 Å². The highest BCUT2D eigenvalue weighted by atomic mass is 32.1. The molecule has 0 radical (unpaired) electrons. The van der Waals surface area contributed by atoms with Gasteiger partial charge in [0.15, 0.2) is 5.13 Å². The summed E-state index contributed by atoms with van der Waals surface area (Å²) in [6.07, 6.45) is 0. The van der Waals surface area contributed by atoms with Crippen molar-refractivity contribution < 1.29 is 4.79 Å². The minimum absolute atomic E-state index is 0.0493. The van der Waals surface area contributed by atoms with Crippen LogP contribution in [-0.2, 0) is 0 Å². The van der Waals surface area contributed by atoms with Gasteiger partial charge in [0.2, 0.25) is 0 Å². The molecule has 0 bridgehead atoms. The van der Waals surface area contributed by atoms with Gasteiger partial charge in [-0.3, -0.25) is 9.69 Å². The average molecular weight is 300 g/mol. The number of amides is 1. The number of benzene rings is 1. The van der Waals surface area contributed by atoms with Gasteiger partial charge in [0.25, 0.3) is 5.91 Å². The van der Waals surface area contributed by atoms with Crippen molar-refractivity contribution in [1.82, 2.24) is 4.98 Å². The van der Waals surface area contributed by atoms with Crippen LogP contribution in [0.3, 0.4) is 0 Å². The molecule has 100 valence electrons. The minimum atomic E-state index is -0.0493. The first-order valence-electron chi connectivity index (χ1n) is 6.09. The summed E-state index contributed by atoms with van der Waals surface area (Å²) in [5, 5.41) is 6.42. The number of anilines is 2. The molecule has 3 aromatic rings. The zero-order valence-corrected chi connectivity index (χ0v) is 12.4. The number of hydrogen-bond donors (Lipinski definition) is 0. The summed E-state index contributed by atoms with van der Waals surface area (Å²) in [5.41, 5.74) is 2.44. The van der Waals surface area contributed by atoms with E-state index in [0.29, 0.717) is 10.7 Å². The third-order valence-corrected chi connectivity index (χ3v) is 4.41. The molecular formula is C15H12N2OS2. The van der Waals surface area contributed by atoms with Crippen molar-refractivity contribution in [2.75, 3.05) is 4.90 Å².